The Hall–Kier alpha value is -4.17. The number of phenolic OH excluding ortho intramolecular Hbond substituents is 1. The molecule has 180 valence electrons. The Morgan fingerprint density at radius 3 is 2.21 bits per heavy atom. The van der Waals surface area contributed by atoms with E-state index in [9.17, 15) is 37.5 Å². The first-order valence-corrected chi connectivity index (χ1v) is 9.96. The lowest BCUT2D eigenvalue weighted by Crippen LogP contribution is -2.47. The minimum atomic E-state index is -5.01. The van der Waals surface area contributed by atoms with E-state index in [1.54, 1.807) is 6.08 Å². The number of phenols is 1. The third-order valence-corrected chi connectivity index (χ3v) is 6.11. The van der Waals surface area contributed by atoms with Gasteiger partial charge in [-0.15, -0.1) is 13.2 Å². The first-order valence-electron chi connectivity index (χ1n) is 9.96. The Kier molecular flexibility index (Phi) is 4.41. The average Bonchev–Trinajstić information content (AvgIpc) is 3.13. The van der Waals surface area contributed by atoms with Crippen molar-refractivity contribution in [1.82, 2.24) is 27.9 Å². The molecular weight excluding hydrogens is 465 g/mol. The van der Waals surface area contributed by atoms with Gasteiger partial charge in [0.1, 0.15) is 17.5 Å². The number of ether oxygens (including phenoxy) is 1. The van der Waals surface area contributed by atoms with Crippen molar-refractivity contribution in [2.45, 2.75) is 31.5 Å². The first-order chi connectivity index (χ1) is 15.9. The van der Waals surface area contributed by atoms with Crippen molar-refractivity contribution >= 4 is 0 Å². The zero-order valence-corrected chi connectivity index (χ0v) is 17.7. The van der Waals surface area contributed by atoms with Crippen molar-refractivity contribution < 1.29 is 23.0 Å². The number of alkyl halides is 3. The van der Waals surface area contributed by atoms with Gasteiger partial charge in [-0.1, -0.05) is 6.08 Å². The number of rotatable bonds is 2. The molecule has 3 aromatic rings. The van der Waals surface area contributed by atoms with E-state index in [1.807, 2.05) is 0 Å². The maximum Gasteiger partial charge on any atom is 0.573 e. The molecule has 34 heavy (non-hydrogen) atoms. The van der Waals surface area contributed by atoms with Gasteiger partial charge < -0.3 is 9.84 Å². The van der Waals surface area contributed by atoms with Crippen molar-refractivity contribution in [1.29, 1.82) is 0 Å². The molecule has 0 fully saturated rings. The third-order valence-electron chi connectivity index (χ3n) is 6.11. The monoisotopic (exact) mass is 482 g/mol. The lowest BCUT2D eigenvalue weighted by atomic mass is 9.89. The highest BCUT2D eigenvalue weighted by Crippen LogP contribution is 2.42. The summed E-state index contributed by atoms with van der Waals surface area (Å²) in [6.45, 7) is -0.261. The van der Waals surface area contributed by atoms with Gasteiger partial charge in [-0.2, -0.15) is 0 Å². The van der Waals surface area contributed by atoms with Crippen LogP contribution in [0.2, 0.25) is 0 Å². The SMILES string of the molecule is Cn1c(=O)n2n(c1=O)[C@@H]1Cn3c(=O)n(C)c(=O)n3[C@@H](c3cc(OC(F)(F)F)ccc3O)C1=CC2. The number of allylic oxidation sites excluding steroid dienone is 2. The van der Waals surface area contributed by atoms with Gasteiger partial charge in [-0.25, -0.2) is 47.0 Å². The predicted molar refractivity (Wildman–Crippen MR) is 108 cm³/mol. The van der Waals surface area contributed by atoms with E-state index >= 15 is 0 Å². The number of hydrogen-bond donors (Lipinski definition) is 1. The Morgan fingerprint density at radius 2 is 1.56 bits per heavy atom. The quantitative estimate of drug-likeness (QED) is 0.486. The summed E-state index contributed by atoms with van der Waals surface area (Å²) < 4.78 is 48.5. The summed E-state index contributed by atoms with van der Waals surface area (Å²) in [5.74, 6) is -1.11. The zero-order chi connectivity index (χ0) is 24.7. The van der Waals surface area contributed by atoms with Crippen LogP contribution in [-0.2, 0) is 27.2 Å². The molecule has 0 amide bonds. The summed E-state index contributed by atoms with van der Waals surface area (Å²) in [4.78, 5) is 51.0. The first kappa shape index (κ1) is 21.7. The van der Waals surface area contributed by atoms with E-state index < -0.39 is 52.7 Å². The lowest BCUT2D eigenvalue weighted by Gasteiger charge is -2.37. The summed E-state index contributed by atoms with van der Waals surface area (Å²) >= 11 is 0. The van der Waals surface area contributed by atoms with Gasteiger partial charge >= 0.3 is 29.1 Å². The van der Waals surface area contributed by atoms with Gasteiger partial charge in [-0.05, 0) is 23.8 Å². The van der Waals surface area contributed by atoms with Crippen LogP contribution in [0.25, 0.3) is 0 Å². The van der Waals surface area contributed by atoms with Crippen LogP contribution >= 0.6 is 0 Å². The van der Waals surface area contributed by atoms with Crippen molar-refractivity contribution in [3.05, 3.63) is 77.3 Å². The number of hydrogen-bond acceptors (Lipinski definition) is 6. The smallest absolute Gasteiger partial charge is 0.508 e. The number of halogens is 3. The second-order valence-electron chi connectivity index (χ2n) is 7.99. The fourth-order valence-corrected chi connectivity index (χ4v) is 4.60. The summed E-state index contributed by atoms with van der Waals surface area (Å²) in [7, 11) is 2.52. The van der Waals surface area contributed by atoms with E-state index in [-0.39, 0.29) is 18.7 Å². The maximum atomic E-state index is 12.9. The van der Waals surface area contributed by atoms with Gasteiger partial charge in [0.15, 0.2) is 0 Å². The van der Waals surface area contributed by atoms with Crippen molar-refractivity contribution in [2.24, 2.45) is 14.1 Å². The van der Waals surface area contributed by atoms with E-state index in [0.29, 0.717) is 5.57 Å². The van der Waals surface area contributed by atoms with Crippen LogP contribution in [0.3, 0.4) is 0 Å². The van der Waals surface area contributed by atoms with Crippen molar-refractivity contribution in [3.8, 4) is 11.5 Å². The van der Waals surface area contributed by atoms with Crippen LogP contribution in [0.5, 0.6) is 11.5 Å². The summed E-state index contributed by atoms with van der Waals surface area (Å²) in [6, 6.07) is 0.617. The number of aromatic hydroxyl groups is 1. The van der Waals surface area contributed by atoms with Crippen LogP contribution in [0.1, 0.15) is 17.6 Å². The highest BCUT2D eigenvalue weighted by Gasteiger charge is 2.42. The molecule has 4 heterocycles. The molecule has 2 aromatic heterocycles. The van der Waals surface area contributed by atoms with Gasteiger partial charge in [0.05, 0.1) is 19.1 Å². The molecule has 1 aromatic carbocycles. The van der Waals surface area contributed by atoms with Gasteiger partial charge in [0, 0.05) is 19.7 Å². The minimum absolute atomic E-state index is 0.0669. The van der Waals surface area contributed by atoms with Crippen LogP contribution in [0.15, 0.2) is 49.0 Å². The van der Waals surface area contributed by atoms with E-state index in [1.165, 1.54) is 18.8 Å². The van der Waals surface area contributed by atoms with Crippen LogP contribution in [0.4, 0.5) is 13.2 Å². The molecule has 2 atom stereocenters. The Bertz CT molecular complexity index is 1610. The number of aromatic nitrogens is 6. The van der Waals surface area contributed by atoms with E-state index in [0.717, 1.165) is 41.4 Å². The Labute approximate surface area is 186 Å². The number of fused-ring (bicyclic) bond motifs is 4. The van der Waals surface area contributed by atoms with Crippen LogP contribution in [0, 0.1) is 0 Å². The number of benzene rings is 1. The summed E-state index contributed by atoms with van der Waals surface area (Å²) in [6.07, 6.45) is -3.45. The topological polar surface area (TPSA) is 127 Å². The van der Waals surface area contributed by atoms with Crippen molar-refractivity contribution in [3.63, 3.8) is 0 Å². The highest BCUT2D eigenvalue weighted by molar-refractivity contribution is 5.46. The molecule has 0 saturated carbocycles. The second-order valence-corrected chi connectivity index (χ2v) is 7.99. The molecule has 5 rings (SSSR count). The molecule has 0 unspecified atom stereocenters. The van der Waals surface area contributed by atoms with Gasteiger partial charge in [0.25, 0.3) is 0 Å². The standard InChI is InChI=1S/C19H17F3N6O6/c1-23-15(30)25-6-5-10-12(27(25)17(23)32)8-26-16(31)24(2)18(33)28(26)14(10)11-7-9(3-4-13(11)29)34-19(20,21)22/h3-5,7,12,14,29H,6,8H2,1-2H3/t12-,14-/m1/s1. The Balaban J connectivity index is 1.79. The fraction of sp³-hybridized carbons (Fsp3) is 0.368. The lowest BCUT2D eigenvalue weighted by molar-refractivity contribution is -0.274. The van der Waals surface area contributed by atoms with E-state index in [2.05, 4.69) is 4.74 Å². The molecule has 2 aliphatic heterocycles. The highest BCUT2D eigenvalue weighted by atomic mass is 19.4. The van der Waals surface area contributed by atoms with Crippen LogP contribution < -0.4 is 27.5 Å². The second kappa shape index (κ2) is 6.91. The Morgan fingerprint density at radius 1 is 0.941 bits per heavy atom. The average molecular weight is 482 g/mol. The van der Waals surface area contributed by atoms with Crippen molar-refractivity contribution in [2.75, 3.05) is 0 Å². The van der Waals surface area contributed by atoms with E-state index in [4.69, 9.17) is 0 Å². The molecule has 0 spiro atoms. The molecular formula is C19H17F3N6O6. The normalized spacial score (nSPS) is 19.3. The molecule has 0 saturated heterocycles. The molecule has 2 aliphatic rings. The summed E-state index contributed by atoms with van der Waals surface area (Å²) in [5, 5.41) is 10.6. The minimum Gasteiger partial charge on any atom is -0.508 e. The molecule has 15 heteroatoms. The number of nitrogens with zero attached hydrogens (tertiary/aromatic N) is 6. The summed E-state index contributed by atoms with van der Waals surface area (Å²) in [5.41, 5.74) is -2.58. The molecule has 12 nitrogen and oxygen atoms in total. The molecule has 1 N–H and O–H groups in total. The third kappa shape index (κ3) is 2.92. The molecule has 0 bridgehead atoms. The van der Waals surface area contributed by atoms with Gasteiger partial charge in [-0.3, -0.25) is 0 Å². The molecule has 0 radical (unpaired) electrons. The van der Waals surface area contributed by atoms with Crippen LogP contribution in [-0.4, -0.2) is 39.3 Å². The maximum absolute atomic E-state index is 12.9. The predicted octanol–water partition coefficient (Wildman–Crippen LogP) is -0.601. The van der Waals surface area contributed by atoms with Gasteiger partial charge in [0.2, 0.25) is 0 Å². The largest absolute Gasteiger partial charge is 0.573 e. The fourth-order valence-electron chi connectivity index (χ4n) is 4.60. The zero-order valence-electron chi connectivity index (χ0n) is 17.7. The molecule has 0 aliphatic carbocycles.